The molecule has 0 bridgehead atoms. The number of imidazole rings is 1. The number of rotatable bonds is 3. The van der Waals surface area contributed by atoms with E-state index in [0.717, 1.165) is 4.68 Å². The third-order valence-electron chi connectivity index (χ3n) is 5.43. The van der Waals surface area contributed by atoms with E-state index in [9.17, 15) is 22.8 Å². The number of carbonyl (C=O) groups excluding carboxylic acids is 1. The van der Waals surface area contributed by atoms with E-state index in [0.29, 0.717) is 37.0 Å². The number of aromatic nitrogens is 4. The first-order chi connectivity index (χ1) is 14.2. The number of aryl methyl sites for hydroxylation is 1. The summed E-state index contributed by atoms with van der Waals surface area (Å²) in [5.41, 5.74) is 0.643. The lowest BCUT2D eigenvalue weighted by atomic mass is 9.96. The molecule has 0 spiro atoms. The molecule has 0 aliphatic carbocycles. The molecule has 4 rings (SSSR count). The third-order valence-corrected chi connectivity index (χ3v) is 5.43. The van der Waals surface area contributed by atoms with Crippen molar-refractivity contribution in [2.75, 3.05) is 13.1 Å². The molecule has 1 amide bonds. The molecule has 1 saturated heterocycles. The molecule has 3 aromatic rings. The molecule has 10 heteroatoms. The number of amides is 1. The van der Waals surface area contributed by atoms with Crippen LogP contribution in [0.15, 0.2) is 41.2 Å². The minimum atomic E-state index is -4.54. The standard InChI is InChI=1S/C20H20F3N5O2/c1-26-17(29)7-6-15(25-26)18(30)27-10-8-13(9-11-27)12-28-16-5-3-2-4-14(16)24-19(28)20(21,22)23/h2-7,13H,8-12H2,1H3. The maximum Gasteiger partial charge on any atom is 0.449 e. The number of benzene rings is 1. The summed E-state index contributed by atoms with van der Waals surface area (Å²) in [5, 5.41) is 3.98. The highest BCUT2D eigenvalue weighted by Gasteiger charge is 2.38. The Morgan fingerprint density at radius 1 is 1.13 bits per heavy atom. The molecule has 0 unspecified atom stereocenters. The van der Waals surface area contributed by atoms with Crippen LogP contribution >= 0.6 is 0 Å². The van der Waals surface area contributed by atoms with Gasteiger partial charge in [0.2, 0.25) is 5.82 Å². The van der Waals surface area contributed by atoms with Gasteiger partial charge in [0.25, 0.3) is 11.5 Å². The smallest absolute Gasteiger partial charge is 0.337 e. The molecular formula is C20H20F3N5O2. The number of para-hydroxylation sites is 2. The average molecular weight is 419 g/mol. The zero-order valence-electron chi connectivity index (χ0n) is 16.3. The predicted octanol–water partition coefficient (Wildman–Crippen LogP) is 2.70. The Balaban J connectivity index is 1.48. The minimum Gasteiger partial charge on any atom is -0.337 e. The van der Waals surface area contributed by atoms with Crippen LogP contribution in [0.2, 0.25) is 0 Å². The summed E-state index contributed by atoms with van der Waals surface area (Å²) < 4.78 is 42.8. The number of hydrogen-bond donors (Lipinski definition) is 0. The Morgan fingerprint density at radius 3 is 2.50 bits per heavy atom. The van der Waals surface area contributed by atoms with E-state index in [-0.39, 0.29) is 29.6 Å². The van der Waals surface area contributed by atoms with E-state index in [1.165, 1.54) is 23.7 Å². The molecule has 1 aliphatic rings. The summed E-state index contributed by atoms with van der Waals surface area (Å²) in [4.78, 5) is 29.5. The zero-order valence-corrected chi connectivity index (χ0v) is 16.3. The van der Waals surface area contributed by atoms with Crippen LogP contribution in [0.5, 0.6) is 0 Å². The van der Waals surface area contributed by atoms with Gasteiger partial charge in [0.15, 0.2) is 0 Å². The summed E-state index contributed by atoms with van der Waals surface area (Å²) in [6.07, 6.45) is -3.40. The van der Waals surface area contributed by atoms with Gasteiger partial charge in [-0.05, 0) is 37.0 Å². The Labute approximate surface area is 169 Å². The van der Waals surface area contributed by atoms with Gasteiger partial charge in [-0.15, -0.1) is 0 Å². The van der Waals surface area contributed by atoms with Crippen molar-refractivity contribution in [2.24, 2.45) is 13.0 Å². The van der Waals surface area contributed by atoms with Gasteiger partial charge in [0, 0.05) is 32.7 Å². The largest absolute Gasteiger partial charge is 0.449 e. The quantitative estimate of drug-likeness (QED) is 0.655. The lowest BCUT2D eigenvalue weighted by Crippen LogP contribution is -2.40. The lowest BCUT2D eigenvalue weighted by Gasteiger charge is -2.32. The molecule has 1 fully saturated rings. The zero-order chi connectivity index (χ0) is 21.5. The van der Waals surface area contributed by atoms with Crippen molar-refractivity contribution in [1.82, 2.24) is 24.2 Å². The lowest BCUT2D eigenvalue weighted by molar-refractivity contribution is -0.147. The summed E-state index contributed by atoms with van der Waals surface area (Å²) >= 11 is 0. The number of halogens is 3. The van der Waals surface area contributed by atoms with E-state index in [4.69, 9.17) is 0 Å². The van der Waals surface area contributed by atoms with Gasteiger partial charge in [0.05, 0.1) is 11.0 Å². The molecule has 30 heavy (non-hydrogen) atoms. The first-order valence-electron chi connectivity index (χ1n) is 9.60. The normalized spacial score (nSPS) is 15.7. The second-order valence-electron chi connectivity index (χ2n) is 7.45. The summed E-state index contributed by atoms with van der Waals surface area (Å²) in [7, 11) is 1.47. The molecule has 1 aromatic carbocycles. The Bertz CT molecular complexity index is 1140. The maximum atomic E-state index is 13.5. The van der Waals surface area contributed by atoms with Crippen molar-refractivity contribution in [3.8, 4) is 0 Å². The first kappa shape index (κ1) is 20.1. The minimum absolute atomic E-state index is 0.0131. The predicted molar refractivity (Wildman–Crippen MR) is 103 cm³/mol. The van der Waals surface area contributed by atoms with Crippen molar-refractivity contribution >= 4 is 16.9 Å². The van der Waals surface area contributed by atoms with Gasteiger partial charge in [-0.3, -0.25) is 9.59 Å². The van der Waals surface area contributed by atoms with Crippen LogP contribution in [-0.2, 0) is 19.8 Å². The number of alkyl halides is 3. The van der Waals surface area contributed by atoms with Crippen molar-refractivity contribution < 1.29 is 18.0 Å². The number of fused-ring (bicyclic) bond motifs is 1. The molecule has 158 valence electrons. The van der Waals surface area contributed by atoms with Crippen molar-refractivity contribution in [3.63, 3.8) is 0 Å². The number of likely N-dealkylation sites (tertiary alicyclic amines) is 1. The number of piperidine rings is 1. The molecule has 0 N–H and O–H groups in total. The van der Waals surface area contributed by atoms with E-state index in [1.807, 2.05) is 0 Å². The second kappa shape index (κ2) is 7.58. The summed E-state index contributed by atoms with van der Waals surface area (Å²) in [6.45, 7) is 1.03. The molecule has 0 radical (unpaired) electrons. The van der Waals surface area contributed by atoms with Crippen LogP contribution < -0.4 is 5.56 Å². The molecule has 0 saturated carbocycles. The SMILES string of the molecule is Cn1nc(C(=O)N2CCC(Cn3c(C(F)(F)F)nc4ccccc43)CC2)ccc1=O. The van der Waals surface area contributed by atoms with E-state index in [2.05, 4.69) is 10.1 Å². The fourth-order valence-corrected chi connectivity index (χ4v) is 3.83. The Morgan fingerprint density at radius 2 is 1.83 bits per heavy atom. The topological polar surface area (TPSA) is 73.0 Å². The summed E-state index contributed by atoms with van der Waals surface area (Å²) in [6, 6.07) is 9.25. The summed E-state index contributed by atoms with van der Waals surface area (Å²) in [5.74, 6) is -1.19. The molecule has 0 atom stereocenters. The molecule has 3 heterocycles. The Kier molecular flexibility index (Phi) is 5.08. The average Bonchev–Trinajstić information content (AvgIpc) is 3.09. The Hall–Kier alpha value is -3.17. The van der Waals surface area contributed by atoms with Crippen LogP contribution in [0.3, 0.4) is 0 Å². The van der Waals surface area contributed by atoms with Crippen LogP contribution in [0.25, 0.3) is 11.0 Å². The molecule has 2 aromatic heterocycles. The number of hydrogen-bond acceptors (Lipinski definition) is 4. The highest BCUT2D eigenvalue weighted by Crippen LogP contribution is 2.33. The van der Waals surface area contributed by atoms with Gasteiger partial charge in [0.1, 0.15) is 5.69 Å². The van der Waals surface area contributed by atoms with Gasteiger partial charge >= 0.3 is 6.18 Å². The third kappa shape index (κ3) is 3.81. The highest BCUT2D eigenvalue weighted by molar-refractivity contribution is 5.92. The van der Waals surface area contributed by atoms with E-state index in [1.54, 1.807) is 29.2 Å². The maximum absolute atomic E-state index is 13.5. The fraction of sp³-hybridized carbons (Fsp3) is 0.400. The van der Waals surface area contributed by atoms with Crippen molar-refractivity contribution in [3.05, 3.63) is 58.3 Å². The van der Waals surface area contributed by atoms with E-state index < -0.39 is 12.0 Å². The van der Waals surface area contributed by atoms with Gasteiger partial charge in [-0.1, -0.05) is 12.1 Å². The highest BCUT2D eigenvalue weighted by atomic mass is 19.4. The first-order valence-corrected chi connectivity index (χ1v) is 9.60. The van der Waals surface area contributed by atoms with Crippen LogP contribution in [0, 0.1) is 5.92 Å². The second-order valence-corrected chi connectivity index (χ2v) is 7.45. The fourth-order valence-electron chi connectivity index (χ4n) is 3.83. The molecule has 1 aliphatic heterocycles. The van der Waals surface area contributed by atoms with Gasteiger partial charge < -0.3 is 9.47 Å². The monoisotopic (exact) mass is 419 g/mol. The van der Waals surface area contributed by atoms with Crippen LogP contribution in [-0.4, -0.2) is 43.2 Å². The van der Waals surface area contributed by atoms with Crippen molar-refractivity contribution in [2.45, 2.75) is 25.6 Å². The van der Waals surface area contributed by atoms with Crippen molar-refractivity contribution in [1.29, 1.82) is 0 Å². The van der Waals surface area contributed by atoms with Crippen LogP contribution in [0.4, 0.5) is 13.2 Å². The molecular weight excluding hydrogens is 399 g/mol. The number of nitrogens with zero attached hydrogens (tertiary/aromatic N) is 5. The van der Waals surface area contributed by atoms with Crippen LogP contribution in [0.1, 0.15) is 29.2 Å². The number of carbonyl (C=O) groups is 1. The van der Waals surface area contributed by atoms with E-state index >= 15 is 0 Å². The van der Waals surface area contributed by atoms with Gasteiger partial charge in [-0.2, -0.15) is 18.3 Å². The molecule has 7 nitrogen and oxygen atoms in total. The van der Waals surface area contributed by atoms with Gasteiger partial charge in [-0.25, -0.2) is 9.67 Å².